The van der Waals surface area contributed by atoms with Crippen molar-refractivity contribution in [3.8, 4) is 17.0 Å². The van der Waals surface area contributed by atoms with Crippen LogP contribution in [0.5, 0.6) is 5.75 Å². The summed E-state index contributed by atoms with van der Waals surface area (Å²) in [6.07, 6.45) is 0. The minimum Gasteiger partial charge on any atom is -0.496 e. The van der Waals surface area contributed by atoms with E-state index in [1.807, 2.05) is 29.6 Å². The SMILES string of the molecule is COc1ccccc1-c1csc2nc(NC(=O)c3cccc(NC(C)=O)c3)nn12. The van der Waals surface area contributed by atoms with Gasteiger partial charge in [0.15, 0.2) is 0 Å². The lowest BCUT2D eigenvalue weighted by molar-refractivity contribution is -0.114. The molecule has 0 bridgehead atoms. The molecule has 2 aromatic heterocycles. The molecule has 146 valence electrons. The molecule has 0 saturated carbocycles. The van der Waals surface area contributed by atoms with E-state index in [4.69, 9.17) is 4.74 Å². The number of ether oxygens (including phenoxy) is 1. The van der Waals surface area contributed by atoms with Crippen LogP contribution in [-0.4, -0.2) is 33.5 Å². The van der Waals surface area contributed by atoms with Gasteiger partial charge < -0.3 is 10.1 Å². The second-order valence-corrected chi connectivity index (χ2v) is 7.00. The molecule has 0 aliphatic rings. The number of carbonyl (C=O) groups is 2. The summed E-state index contributed by atoms with van der Waals surface area (Å²) < 4.78 is 7.10. The zero-order valence-corrected chi connectivity index (χ0v) is 16.5. The van der Waals surface area contributed by atoms with Gasteiger partial charge >= 0.3 is 0 Å². The highest BCUT2D eigenvalue weighted by Crippen LogP contribution is 2.32. The Morgan fingerprint density at radius 2 is 1.93 bits per heavy atom. The molecular weight excluding hydrogens is 390 g/mol. The summed E-state index contributed by atoms with van der Waals surface area (Å²) in [7, 11) is 1.62. The quantitative estimate of drug-likeness (QED) is 0.526. The highest BCUT2D eigenvalue weighted by atomic mass is 32.1. The van der Waals surface area contributed by atoms with Crippen LogP contribution in [0.3, 0.4) is 0 Å². The van der Waals surface area contributed by atoms with Crippen molar-refractivity contribution in [2.45, 2.75) is 6.92 Å². The number of aromatic nitrogens is 3. The van der Waals surface area contributed by atoms with E-state index in [-0.39, 0.29) is 17.8 Å². The Kier molecular flexibility index (Phi) is 4.96. The lowest BCUT2D eigenvalue weighted by Gasteiger charge is -2.06. The molecule has 4 aromatic rings. The van der Waals surface area contributed by atoms with Crippen LogP contribution in [0.2, 0.25) is 0 Å². The van der Waals surface area contributed by atoms with E-state index in [1.54, 1.807) is 35.9 Å². The number of para-hydroxylation sites is 1. The first-order valence-corrected chi connectivity index (χ1v) is 9.60. The maximum atomic E-state index is 12.6. The van der Waals surface area contributed by atoms with E-state index in [9.17, 15) is 9.59 Å². The Labute approximate surface area is 170 Å². The van der Waals surface area contributed by atoms with E-state index in [1.165, 1.54) is 18.3 Å². The van der Waals surface area contributed by atoms with Gasteiger partial charge in [0.2, 0.25) is 10.9 Å². The van der Waals surface area contributed by atoms with E-state index in [2.05, 4.69) is 20.7 Å². The van der Waals surface area contributed by atoms with Gasteiger partial charge in [-0.25, -0.2) is 4.52 Å². The number of nitrogens with zero attached hydrogens (tertiary/aromatic N) is 3. The molecule has 2 amide bonds. The Balaban J connectivity index is 1.61. The number of hydrogen-bond acceptors (Lipinski definition) is 6. The van der Waals surface area contributed by atoms with Gasteiger partial charge in [-0.3, -0.25) is 14.9 Å². The van der Waals surface area contributed by atoms with Crippen molar-refractivity contribution < 1.29 is 14.3 Å². The number of hydrogen-bond donors (Lipinski definition) is 2. The van der Waals surface area contributed by atoms with Crippen molar-refractivity contribution in [2.24, 2.45) is 0 Å². The van der Waals surface area contributed by atoms with Crippen molar-refractivity contribution in [2.75, 3.05) is 17.7 Å². The Bertz CT molecular complexity index is 1210. The average Bonchev–Trinajstić information content (AvgIpc) is 3.27. The summed E-state index contributed by atoms with van der Waals surface area (Å²) in [5, 5.41) is 11.7. The summed E-state index contributed by atoms with van der Waals surface area (Å²) >= 11 is 1.42. The molecule has 0 radical (unpaired) electrons. The van der Waals surface area contributed by atoms with Gasteiger partial charge in [0.25, 0.3) is 11.9 Å². The number of anilines is 2. The molecule has 4 rings (SSSR count). The van der Waals surface area contributed by atoms with Crippen LogP contribution in [0.1, 0.15) is 17.3 Å². The Hall–Kier alpha value is -3.72. The van der Waals surface area contributed by atoms with Crippen molar-refractivity contribution in [3.63, 3.8) is 0 Å². The first-order valence-electron chi connectivity index (χ1n) is 8.72. The number of fused-ring (bicyclic) bond motifs is 1. The van der Waals surface area contributed by atoms with E-state index >= 15 is 0 Å². The first-order chi connectivity index (χ1) is 14.0. The maximum Gasteiger partial charge on any atom is 0.258 e. The number of nitrogens with one attached hydrogen (secondary N) is 2. The summed E-state index contributed by atoms with van der Waals surface area (Å²) in [5.74, 6) is 0.350. The highest BCUT2D eigenvalue weighted by Gasteiger charge is 2.16. The molecule has 2 heterocycles. The minimum atomic E-state index is -0.366. The van der Waals surface area contributed by atoms with Crippen molar-refractivity contribution in [1.29, 1.82) is 0 Å². The fraction of sp³-hybridized carbons (Fsp3) is 0.100. The molecule has 8 nitrogen and oxygen atoms in total. The molecule has 2 aromatic carbocycles. The molecular formula is C20H17N5O3S. The largest absolute Gasteiger partial charge is 0.496 e. The zero-order valence-electron chi connectivity index (χ0n) is 15.7. The minimum absolute atomic E-state index is 0.197. The van der Waals surface area contributed by atoms with Crippen LogP contribution >= 0.6 is 11.3 Å². The van der Waals surface area contributed by atoms with E-state index < -0.39 is 0 Å². The summed E-state index contributed by atoms with van der Waals surface area (Å²) in [4.78, 5) is 28.8. The van der Waals surface area contributed by atoms with Crippen molar-refractivity contribution in [1.82, 2.24) is 14.6 Å². The lowest BCUT2D eigenvalue weighted by Crippen LogP contribution is -2.14. The standard InChI is InChI=1S/C20H17N5O3S/c1-12(26)21-14-7-5-6-13(10-14)18(27)22-19-23-20-25(24-19)16(11-29-20)15-8-3-4-9-17(15)28-2/h3-11H,1-2H3,(H,21,26)(H,22,24,27). The number of rotatable bonds is 5. The molecule has 2 N–H and O–H groups in total. The van der Waals surface area contributed by atoms with Crippen molar-refractivity contribution >= 4 is 39.7 Å². The first kappa shape index (κ1) is 18.6. The van der Waals surface area contributed by atoms with Crippen LogP contribution in [-0.2, 0) is 4.79 Å². The Morgan fingerprint density at radius 3 is 2.72 bits per heavy atom. The monoisotopic (exact) mass is 407 g/mol. The van der Waals surface area contributed by atoms with E-state index in [0.29, 0.717) is 16.2 Å². The molecule has 0 aliphatic carbocycles. The van der Waals surface area contributed by atoms with Gasteiger partial charge in [0.1, 0.15) is 5.75 Å². The van der Waals surface area contributed by atoms with Crippen LogP contribution in [0, 0.1) is 0 Å². The smallest absolute Gasteiger partial charge is 0.258 e. The summed E-state index contributed by atoms with van der Waals surface area (Å²) in [6, 6.07) is 14.3. The summed E-state index contributed by atoms with van der Waals surface area (Å²) in [6.45, 7) is 1.41. The molecule has 0 spiro atoms. The third-order valence-corrected chi connectivity index (χ3v) is 4.95. The molecule has 0 atom stereocenters. The third-order valence-electron chi connectivity index (χ3n) is 4.13. The predicted octanol–water partition coefficient (Wildman–Crippen LogP) is 3.68. The van der Waals surface area contributed by atoms with Crippen LogP contribution in [0.15, 0.2) is 53.9 Å². The molecule has 0 saturated heterocycles. The van der Waals surface area contributed by atoms with Gasteiger partial charge in [-0.1, -0.05) is 18.2 Å². The Morgan fingerprint density at radius 1 is 1.10 bits per heavy atom. The molecule has 0 unspecified atom stereocenters. The molecule has 0 aliphatic heterocycles. The maximum absolute atomic E-state index is 12.6. The topological polar surface area (TPSA) is 97.6 Å². The summed E-state index contributed by atoms with van der Waals surface area (Å²) in [5.41, 5.74) is 2.64. The van der Waals surface area contributed by atoms with Gasteiger partial charge in [-0.2, -0.15) is 4.98 Å². The molecule has 29 heavy (non-hydrogen) atoms. The second kappa shape index (κ2) is 7.72. The van der Waals surface area contributed by atoms with Gasteiger partial charge in [-0.15, -0.1) is 16.4 Å². The van der Waals surface area contributed by atoms with Gasteiger partial charge in [-0.05, 0) is 30.3 Å². The fourth-order valence-electron chi connectivity index (χ4n) is 2.89. The second-order valence-electron chi connectivity index (χ2n) is 6.17. The normalized spacial score (nSPS) is 10.7. The molecule has 9 heteroatoms. The third kappa shape index (κ3) is 3.81. The van der Waals surface area contributed by atoms with Crippen LogP contribution < -0.4 is 15.4 Å². The van der Waals surface area contributed by atoms with Crippen LogP contribution in [0.4, 0.5) is 11.6 Å². The number of benzene rings is 2. The lowest BCUT2D eigenvalue weighted by atomic mass is 10.1. The van der Waals surface area contributed by atoms with Crippen LogP contribution in [0.25, 0.3) is 16.2 Å². The number of amides is 2. The number of methoxy groups -OCH3 is 1. The predicted molar refractivity (Wildman–Crippen MR) is 112 cm³/mol. The number of thiazole rings is 1. The average molecular weight is 407 g/mol. The van der Waals surface area contributed by atoms with Gasteiger partial charge in [0, 0.05) is 29.1 Å². The van der Waals surface area contributed by atoms with Gasteiger partial charge in [0.05, 0.1) is 12.8 Å². The molecule has 0 fully saturated rings. The zero-order chi connectivity index (χ0) is 20.4. The number of carbonyl (C=O) groups excluding carboxylic acids is 2. The van der Waals surface area contributed by atoms with E-state index in [0.717, 1.165) is 17.0 Å². The van der Waals surface area contributed by atoms with Crippen molar-refractivity contribution in [3.05, 3.63) is 59.5 Å². The fourth-order valence-corrected chi connectivity index (χ4v) is 3.71. The highest BCUT2D eigenvalue weighted by molar-refractivity contribution is 7.15.